The van der Waals surface area contributed by atoms with Crippen LogP contribution in [0.4, 0.5) is 5.69 Å². The first-order valence-electron chi connectivity index (χ1n) is 9.91. The number of nitrogens with one attached hydrogen (secondary N) is 1. The highest BCUT2D eigenvalue weighted by Gasteiger charge is 2.04. The van der Waals surface area contributed by atoms with E-state index in [1.165, 1.54) is 0 Å². The zero-order valence-corrected chi connectivity index (χ0v) is 17.2. The Labute approximate surface area is 177 Å². The lowest BCUT2D eigenvalue weighted by Gasteiger charge is -2.09. The first kappa shape index (κ1) is 21.1. The van der Waals surface area contributed by atoms with E-state index in [0.29, 0.717) is 12.4 Å². The zero-order chi connectivity index (χ0) is 21.2. The number of nitrogens with zero attached hydrogens (tertiary/aromatic N) is 1. The van der Waals surface area contributed by atoms with E-state index in [1.807, 2.05) is 92.7 Å². The van der Waals surface area contributed by atoms with Crippen molar-refractivity contribution < 1.29 is 14.3 Å². The minimum Gasteiger partial charge on any atom is -0.489 e. The van der Waals surface area contributed by atoms with Gasteiger partial charge in [0.05, 0.1) is 5.69 Å². The molecule has 0 aromatic heterocycles. The molecule has 0 saturated carbocycles. The van der Waals surface area contributed by atoms with Gasteiger partial charge >= 0.3 is 0 Å². The second-order valence-electron chi connectivity index (χ2n) is 7.11. The van der Waals surface area contributed by atoms with E-state index in [0.717, 1.165) is 22.6 Å². The summed E-state index contributed by atoms with van der Waals surface area (Å²) in [7, 11) is 0. The van der Waals surface area contributed by atoms with Crippen molar-refractivity contribution in [1.82, 2.24) is 5.32 Å². The van der Waals surface area contributed by atoms with Crippen molar-refractivity contribution in [2.24, 2.45) is 4.99 Å². The number of aliphatic imine (C=N–C) groups is 1. The maximum atomic E-state index is 11.6. The second-order valence-corrected chi connectivity index (χ2v) is 7.11. The number of hydrogen-bond donors (Lipinski definition) is 1. The number of carbonyl (C=O) groups excluding carboxylic acids is 1. The van der Waals surface area contributed by atoms with E-state index in [4.69, 9.17) is 9.47 Å². The summed E-state index contributed by atoms with van der Waals surface area (Å²) in [6.45, 7) is 4.37. The lowest BCUT2D eigenvalue weighted by atomic mass is 10.2. The fraction of sp³-hybridized carbons (Fsp3) is 0.200. The molecule has 30 heavy (non-hydrogen) atoms. The molecule has 0 aliphatic rings. The van der Waals surface area contributed by atoms with Crippen LogP contribution in [0.25, 0.3) is 0 Å². The Morgan fingerprint density at radius 1 is 0.900 bits per heavy atom. The van der Waals surface area contributed by atoms with Gasteiger partial charge in [-0.15, -0.1) is 0 Å². The Morgan fingerprint density at radius 2 is 1.53 bits per heavy atom. The zero-order valence-electron chi connectivity index (χ0n) is 17.2. The first-order valence-corrected chi connectivity index (χ1v) is 9.91. The maximum absolute atomic E-state index is 11.6. The molecule has 0 aliphatic carbocycles. The molecular weight excluding hydrogens is 376 g/mol. The van der Waals surface area contributed by atoms with Crippen molar-refractivity contribution in [1.29, 1.82) is 0 Å². The molecule has 3 aromatic carbocycles. The monoisotopic (exact) mass is 402 g/mol. The molecule has 0 fully saturated rings. The molecule has 0 aliphatic heterocycles. The minimum atomic E-state index is -0.133. The summed E-state index contributed by atoms with van der Waals surface area (Å²) < 4.78 is 11.3. The van der Waals surface area contributed by atoms with Crippen molar-refractivity contribution in [3.05, 3.63) is 90.0 Å². The smallest absolute Gasteiger partial charge is 0.258 e. The molecule has 1 N–H and O–H groups in total. The highest BCUT2D eigenvalue weighted by Crippen LogP contribution is 2.19. The van der Waals surface area contributed by atoms with Crippen LogP contribution in [0.2, 0.25) is 0 Å². The van der Waals surface area contributed by atoms with E-state index < -0.39 is 0 Å². The van der Waals surface area contributed by atoms with Crippen molar-refractivity contribution in [2.75, 3.05) is 6.61 Å². The molecule has 0 bridgehead atoms. The van der Waals surface area contributed by atoms with Crippen molar-refractivity contribution in [3.8, 4) is 11.5 Å². The summed E-state index contributed by atoms with van der Waals surface area (Å²) in [5.74, 6) is 1.32. The lowest BCUT2D eigenvalue weighted by Crippen LogP contribution is -2.34. The molecule has 0 radical (unpaired) electrons. The largest absolute Gasteiger partial charge is 0.489 e. The Balaban J connectivity index is 1.48. The van der Waals surface area contributed by atoms with Crippen LogP contribution >= 0.6 is 0 Å². The van der Waals surface area contributed by atoms with Crippen LogP contribution < -0.4 is 14.8 Å². The van der Waals surface area contributed by atoms with E-state index in [1.54, 1.807) is 6.21 Å². The number of hydrogen-bond acceptors (Lipinski definition) is 4. The third-order valence-electron chi connectivity index (χ3n) is 4.15. The predicted octanol–water partition coefficient (Wildman–Crippen LogP) is 4.92. The van der Waals surface area contributed by atoms with Gasteiger partial charge in [-0.2, -0.15) is 0 Å². The van der Waals surface area contributed by atoms with E-state index in [-0.39, 0.29) is 18.6 Å². The molecule has 0 unspecified atom stereocenters. The summed E-state index contributed by atoms with van der Waals surface area (Å²) in [4.78, 5) is 16.1. The third kappa shape index (κ3) is 7.09. The molecule has 1 amide bonds. The topological polar surface area (TPSA) is 59.9 Å². The molecule has 3 aromatic rings. The summed E-state index contributed by atoms with van der Waals surface area (Å²) in [5, 5.41) is 2.79. The van der Waals surface area contributed by atoms with Gasteiger partial charge in [0, 0.05) is 12.3 Å². The minimum absolute atomic E-state index is 0.00427. The fourth-order valence-electron chi connectivity index (χ4n) is 2.68. The SMILES string of the molecule is CC(C)NC(=O)COc1ccc(C=Nc2ccc(OCc3ccccc3)cc2)cc1. The van der Waals surface area contributed by atoms with E-state index in [9.17, 15) is 4.79 Å². The van der Waals surface area contributed by atoms with Crippen LogP contribution in [0.3, 0.4) is 0 Å². The van der Waals surface area contributed by atoms with Gasteiger partial charge in [0.1, 0.15) is 18.1 Å². The van der Waals surface area contributed by atoms with Crippen LogP contribution in [-0.2, 0) is 11.4 Å². The van der Waals surface area contributed by atoms with Gasteiger partial charge < -0.3 is 14.8 Å². The third-order valence-corrected chi connectivity index (χ3v) is 4.15. The summed E-state index contributed by atoms with van der Waals surface area (Å²) in [6.07, 6.45) is 1.79. The van der Waals surface area contributed by atoms with Gasteiger partial charge in [0.2, 0.25) is 0 Å². The number of ether oxygens (including phenoxy) is 2. The Hall–Kier alpha value is -3.60. The van der Waals surface area contributed by atoms with Crippen molar-refractivity contribution in [2.45, 2.75) is 26.5 Å². The van der Waals surface area contributed by atoms with Gasteiger partial charge in [-0.05, 0) is 73.5 Å². The average Bonchev–Trinajstić information content (AvgIpc) is 2.76. The number of rotatable bonds is 9. The van der Waals surface area contributed by atoms with Gasteiger partial charge in [0.15, 0.2) is 6.61 Å². The van der Waals surface area contributed by atoms with Gasteiger partial charge in [-0.3, -0.25) is 9.79 Å². The highest BCUT2D eigenvalue weighted by atomic mass is 16.5. The molecule has 3 rings (SSSR count). The van der Waals surface area contributed by atoms with Crippen LogP contribution in [0.1, 0.15) is 25.0 Å². The summed E-state index contributed by atoms with van der Waals surface area (Å²) >= 11 is 0. The number of benzene rings is 3. The van der Waals surface area contributed by atoms with Crippen LogP contribution in [-0.4, -0.2) is 24.8 Å². The Bertz CT molecular complexity index is 950. The van der Waals surface area contributed by atoms with E-state index >= 15 is 0 Å². The van der Waals surface area contributed by atoms with Crippen molar-refractivity contribution in [3.63, 3.8) is 0 Å². The molecule has 0 saturated heterocycles. The average molecular weight is 402 g/mol. The normalized spacial score (nSPS) is 10.9. The van der Waals surface area contributed by atoms with Crippen LogP contribution in [0.15, 0.2) is 83.9 Å². The number of carbonyl (C=O) groups is 1. The predicted molar refractivity (Wildman–Crippen MR) is 120 cm³/mol. The summed E-state index contributed by atoms with van der Waals surface area (Å²) in [5.41, 5.74) is 2.92. The van der Waals surface area contributed by atoms with Gasteiger partial charge in [-0.25, -0.2) is 0 Å². The number of amides is 1. The standard InChI is InChI=1S/C25H26N2O3/c1-19(2)27-25(28)18-30-23-12-8-20(9-13-23)16-26-22-10-14-24(15-11-22)29-17-21-6-4-3-5-7-21/h3-16,19H,17-18H2,1-2H3,(H,27,28). The maximum Gasteiger partial charge on any atom is 0.258 e. The Kier molecular flexibility index (Phi) is 7.61. The quantitative estimate of drug-likeness (QED) is 0.517. The second kappa shape index (κ2) is 10.8. The lowest BCUT2D eigenvalue weighted by molar-refractivity contribution is -0.123. The highest BCUT2D eigenvalue weighted by molar-refractivity contribution is 5.82. The van der Waals surface area contributed by atoms with E-state index in [2.05, 4.69) is 10.3 Å². The molecule has 5 heteroatoms. The Morgan fingerprint density at radius 3 is 2.20 bits per heavy atom. The van der Waals surface area contributed by atoms with Gasteiger partial charge in [0.25, 0.3) is 5.91 Å². The van der Waals surface area contributed by atoms with Gasteiger partial charge in [-0.1, -0.05) is 30.3 Å². The molecule has 0 heterocycles. The molecular formula is C25H26N2O3. The van der Waals surface area contributed by atoms with Crippen molar-refractivity contribution >= 4 is 17.8 Å². The molecule has 0 atom stereocenters. The first-order chi connectivity index (χ1) is 14.6. The van der Waals surface area contributed by atoms with Crippen LogP contribution in [0, 0.1) is 0 Å². The van der Waals surface area contributed by atoms with Crippen LogP contribution in [0.5, 0.6) is 11.5 Å². The molecule has 0 spiro atoms. The molecule has 5 nitrogen and oxygen atoms in total. The molecule has 154 valence electrons. The summed E-state index contributed by atoms with van der Waals surface area (Å²) in [6, 6.07) is 25.3. The fourth-order valence-corrected chi connectivity index (χ4v) is 2.68.